The van der Waals surface area contributed by atoms with E-state index in [4.69, 9.17) is 4.74 Å². The Morgan fingerprint density at radius 3 is 2.76 bits per heavy atom. The Kier molecular flexibility index (Phi) is 3.87. The zero-order chi connectivity index (χ0) is 17.4. The summed E-state index contributed by atoms with van der Waals surface area (Å²) in [5.41, 5.74) is 1.43. The number of aryl methyl sites for hydroxylation is 1. The molecule has 0 unspecified atom stereocenters. The van der Waals surface area contributed by atoms with Gasteiger partial charge in [0.1, 0.15) is 0 Å². The number of likely N-dealkylation sites (tertiary alicyclic amines) is 1. The molecule has 1 aromatic carbocycles. The summed E-state index contributed by atoms with van der Waals surface area (Å²) in [6.07, 6.45) is 5.34. The average molecular weight is 340 g/mol. The standard InChI is InChI=1S/C17H20N6O2/c1-21-17(25-2)14-4-3-12(11-15(14)19-21)16(24)22-8-5-13(6-9-22)23-10-7-18-20-23/h3-4,7,10-11,13H,5-6,8-9H2,1-2H3. The number of ether oxygens (including phenoxy) is 1. The molecule has 0 spiro atoms. The number of methoxy groups -OCH3 is 1. The summed E-state index contributed by atoms with van der Waals surface area (Å²) in [6.45, 7) is 1.43. The Hall–Kier alpha value is -2.90. The third kappa shape index (κ3) is 2.73. The number of rotatable bonds is 3. The number of nitrogens with zero attached hydrogens (tertiary/aromatic N) is 6. The monoisotopic (exact) mass is 340 g/mol. The molecule has 0 radical (unpaired) electrons. The molecule has 3 heterocycles. The highest BCUT2D eigenvalue weighted by atomic mass is 16.5. The molecule has 8 nitrogen and oxygen atoms in total. The van der Waals surface area contributed by atoms with Crippen molar-refractivity contribution >= 4 is 16.8 Å². The fourth-order valence-electron chi connectivity index (χ4n) is 3.48. The van der Waals surface area contributed by atoms with Crippen LogP contribution in [0.25, 0.3) is 10.9 Å². The van der Waals surface area contributed by atoms with Crippen molar-refractivity contribution in [2.24, 2.45) is 7.05 Å². The SMILES string of the molecule is COc1c2ccc(C(=O)N3CCC(n4ccnn4)CC3)cc2nn1C. The van der Waals surface area contributed by atoms with Crippen molar-refractivity contribution in [1.29, 1.82) is 0 Å². The van der Waals surface area contributed by atoms with Gasteiger partial charge in [-0.15, -0.1) is 5.10 Å². The molecule has 0 atom stereocenters. The number of carbonyl (C=O) groups excluding carboxylic acids is 1. The third-order valence-electron chi connectivity index (χ3n) is 4.79. The average Bonchev–Trinajstić information content (AvgIpc) is 3.27. The van der Waals surface area contributed by atoms with Gasteiger partial charge in [-0.25, -0.2) is 9.36 Å². The minimum Gasteiger partial charge on any atom is -0.481 e. The van der Waals surface area contributed by atoms with Crippen molar-refractivity contribution in [3.63, 3.8) is 0 Å². The Labute approximate surface area is 145 Å². The van der Waals surface area contributed by atoms with Crippen LogP contribution in [-0.2, 0) is 7.05 Å². The number of hydrogen-bond acceptors (Lipinski definition) is 5. The van der Waals surface area contributed by atoms with Crippen LogP contribution in [-0.4, -0.2) is 55.8 Å². The topological polar surface area (TPSA) is 78.1 Å². The molecule has 3 aromatic rings. The highest BCUT2D eigenvalue weighted by Crippen LogP contribution is 2.27. The van der Waals surface area contributed by atoms with E-state index in [1.165, 1.54) is 0 Å². The smallest absolute Gasteiger partial charge is 0.253 e. The van der Waals surface area contributed by atoms with Crippen LogP contribution in [0.15, 0.2) is 30.6 Å². The summed E-state index contributed by atoms with van der Waals surface area (Å²) in [4.78, 5) is 14.7. The minimum absolute atomic E-state index is 0.0450. The van der Waals surface area contributed by atoms with Gasteiger partial charge in [-0.3, -0.25) is 4.79 Å². The van der Waals surface area contributed by atoms with E-state index in [-0.39, 0.29) is 5.91 Å². The van der Waals surface area contributed by atoms with Gasteiger partial charge in [-0.05, 0) is 31.0 Å². The maximum atomic E-state index is 12.8. The highest BCUT2D eigenvalue weighted by Gasteiger charge is 2.25. The predicted octanol–water partition coefficient (Wildman–Crippen LogP) is 1.65. The first-order chi connectivity index (χ1) is 12.2. The minimum atomic E-state index is 0.0450. The molecule has 130 valence electrons. The molecule has 1 aliphatic heterocycles. The lowest BCUT2D eigenvalue weighted by atomic mass is 10.0. The Morgan fingerprint density at radius 2 is 2.08 bits per heavy atom. The van der Waals surface area contributed by atoms with Crippen LogP contribution in [0.3, 0.4) is 0 Å². The summed E-state index contributed by atoms with van der Waals surface area (Å²) < 4.78 is 8.92. The summed E-state index contributed by atoms with van der Waals surface area (Å²) in [7, 11) is 3.45. The Morgan fingerprint density at radius 1 is 1.28 bits per heavy atom. The molecule has 0 aliphatic carbocycles. The predicted molar refractivity (Wildman–Crippen MR) is 91.5 cm³/mol. The van der Waals surface area contributed by atoms with Gasteiger partial charge >= 0.3 is 0 Å². The third-order valence-corrected chi connectivity index (χ3v) is 4.79. The summed E-state index contributed by atoms with van der Waals surface area (Å²) >= 11 is 0. The van der Waals surface area contributed by atoms with E-state index < -0.39 is 0 Å². The zero-order valence-electron chi connectivity index (χ0n) is 14.3. The first-order valence-electron chi connectivity index (χ1n) is 8.33. The molecule has 1 saturated heterocycles. The number of piperidine rings is 1. The highest BCUT2D eigenvalue weighted by molar-refractivity contribution is 5.98. The molecule has 4 rings (SSSR count). The summed E-state index contributed by atoms with van der Waals surface area (Å²) in [5, 5.41) is 13.2. The van der Waals surface area contributed by atoms with Crippen molar-refractivity contribution in [3.8, 4) is 5.88 Å². The van der Waals surface area contributed by atoms with Gasteiger partial charge in [0.25, 0.3) is 5.91 Å². The Balaban J connectivity index is 1.50. The largest absolute Gasteiger partial charge is 0.481 e. The fraction of sp³-hybridized carbons (Fsp3) is 0.412. The van der Waals surface area contributed by atoms with Gasteiger partial charge in [-0.2, -0.15) is 5.10 Å². The van der Waals surface area contributed by atoms with Crippen molar-refractivity contribution in [3.05, 3.63) is 36.2 Å². The van der Waals surface area contributed by atoms with E-state index in [1.807, 2.05) is 41.0 Å². The molecular formula is C17H20N6O2. The van der Waals surface area contributed by atoms with Gasteiger partial charge in [0.05, 0.1) is 30.3 Å². The van der Waals surface area contributed by atoms with Gasteiger partial charge in [-0.1, -0.05) is 5.21 Å². The van der Waals surface area contributed by atoms with E-state index in [0.29, 0.717) is 30.6 Å². The van der Waals surface area contributed by atoms with Gasteiger partial charge in [0, 0.05) is 31.9 Å². The normalized spacial score (nSPS) is 15.7. The van der Waals surface area contributed by atoms with Crippen LogP contribution in [0.4, 0.5) is 0 Å². The number of carbonyl (C=O) groups is 1. The van der Waals surface area contributed by atoms with Crippen molar-refractivity contribution in [1.82, 2.24) is 29.7 Å². The molecular weight excluding hydrogens is 320 g/mol. The first-order valence-corrected chi connectivity index (χ1v) is 8.33. The number of aromatic nitrogens is 5. The van der Waals surface area contributed by atoms with Crippen molar-refractivity contribution < 1.29 is 9.53 Å². The zero-order valence-corrected chi connectivity index (χ0v) is 14.3. The molecule has 2 aromatic heterocycles. The van der Waals surface area contributed by atoms with E-state index >= 15 is 0 Å². The van der Waals surface area contributed by atoms with E-state index in [9.17, 15) is 4.79 Å². The lowest BCUT2D eigenvalue weighted by molar-refractivity contribution is 0.0689. The van der Waals surface area contributed by atoms with E-state index in [0.717, 1.165) is 23.7 Å². The van der Waals surface area contributed by atoms with Crippen LogP contribution in [0.5, 0.6) is 5.88 Å². The lowest BCUT2D eigenvalue weighted by Gasteiger charge is -2.31. The first kappa shape index (κ1) is 15.6. The molecule has 8 heteroatoms. The van der Waals surface area contributed by atoms with Gasteiger partial charge < -0.3 is 9.64 Å². The maximum absolute atomic E-state index is 12.8. The van der Waals surface area contributed by atoms with Gasteiger partial charge in [0.15, 0.2) is 0 Å². The number of hydrogen-bond donors (Lipinski definition) is 0. The Bertz CT molecular complexity index is 893. The molecule has 1 amide bonds. The number of amides is 1. The van der Waals surface area contributed by atoms with Gasteiger partial charge in [0.2, 0.25) is 5.88 Å². The summed E-state index contributed by atoms with van der Waals surface area (Å²) in [6, 6.07) is 5.90. The van der Waals surface area contributed by atoms with E-state index in [1.54, 1.807) is 18.0 Å². The van der Waals surface area contributed by atoms with Crippen molar-refractivity contribution in [2.75, 3.05) is 20.2 Å². The molecule has 0 bridgehead atoms. The molecule has 1 fully saturated rings. The maximum Gasteiger partial charge on any atom is 0.253 e. The second-order valence-electron chi connectivity index (χ2n) is 6.27. The molecule has 0 saturated carbocycles. The van der Waals surface area contributed by atoms with Crippen LogP contribution in [0.2, 0.25) is 0 Å². The van der Waals surface area contributed by atoms with Crippen LogP contribution in [0.1, 0.15) is 29.2 Å². The van der Waals surface area contributed by atoms with Crippen LogP contribution >= 0.6 is 0 Å². The van der Waals surface area contributed by atoms with Crippen molar-refractivity contribution in [2.45, 2.75) is 18.9 Å². The lowest BCUT2D eigenvalue weighted by Crippen LogP contribution is -2.39. The molecule has 0 N–H and O–H groups in total. The molecule has 1 aliphatic rings. The molecule has 25 heavy (non-hydrogen) atoms. The number of benzene rings is 1. The summed E-state index contributed by atoms with van der Waals surface area (Å²) in [5.74, 6) is 0.742. The van der Waals surface area contributed by atoms with E-state index in [2.05, 4.69) is 15.4 Å². The second kappa shape index (κ2) is 6.19. The second-order valence-corrected chi connectivity index (χ2v) is 6.27. The number of fused-ring (bicyclic) bond motifs is 1. The van der Waals surface area contributed by atoms with Crippen LogP contribution < -0.4 is 4.74 Å². The quantitative estimate of drug-likeness (QED) is 0.724. The van der Waals surface area contributed by atoms with Crippen LogP contribution in [0, 0.1) is 0 Å². The fourth-order valence-corrected chi connectivity index (χ4v) is 3.48.